The van der Waals surface area contributed by atoms with Crippen LogP contribution in [0.15, 0.2) is 29.2 Å². The predicted octanol–water partition coefficient (Wildman–Crippen LogP) is 2.12. The van der Waals surface area contributed by atoms with E-state index in [1.807, 2.05) is 0 Å². The van der Waals surface area contributed by atoms with Gasteiger partial charge in [0.25, 0.3) is 0 Å². The highest BCUT2D eigenvalue weighted by Crippen LogP contribution is 2.20. The summed E-state index contributed by atoms with van der Waals surface area (Å²) < 4.78 is 12.8. The fourth-order valence-corrected chi connectivity index (χ4v) is 2.80. The second-order valence-corrected chi connectivity index (χ2v) is 5.98. The molecule has 7 heteroatoms. The molecule has 4 amide bonds. The van der Waals surface area contributed by atoms with E-state index in [1.54, 1.807) is 26.0 Å². The Morgan fingerprint density at radius 3 is 2.24 bits per heavy atom. The summed E-state index contributed by atoms with van der Waals surface area (Å²) in [5.74, 6) is -1.43. The molecule has 0 radical (unpaired) electrons. The summed E-state index contributed by atoms with van der Waals surface area (Å²) in [4.78, 5) is 38.2. The number of hydrogen-bond acceptors (Lipinski definition) is 4. The Morgan fingerprint density at radius 1 is 1.10 bits per heavy atom. The third-order valence-electron chi connectivity index (χ3n) is 3.00. The van der Waals surface area contributed by atoms with Crippen LogP contribution < -0.4 is 0 Å². The van der Waals surface area contributed by atoms with Gasteiger partial charge >= 0.3 is 17.8 Å². The molecule has 1 aliphatic rings. The number of nitrogens with zero attached hydrogens (tertiary/aromatic N) is 2. The van der Waals surface area contributed by atoms with Crippen molar-refractivity contribution < 1.29 is 18.8 Å². The number of carbonyl (C=O) groups is 3. The molecule has 1 aromatic carbocycles. The third-order valence-corrected chi connectivity index (χ3v) is 3.99. The topological polar surface area (TPSA) is 57.7 Å². The van der Waals surface area contributed by atoms with Crippen LogP contribution in [-0.2, 0) is 9.59 Å². The van der Waals surface area contributed by atoms with Crippen LogP contribution in [0.5, 0.6) is 0 Å². The normalized spacial score (nSPS) is 15.5. The molecule has 5 nitrogen and oxygen atoms in total. The first-order chi connectivity index (χ1) is 9.91. The molecule has 0 aliphatic carbocycles. The van der Waals surface area contributed by atoms with Crippen LogP contribution in [0.1, 0.15) is 13.8 Å². The van der Waals surface area contributed by atoms with Crippen molar-refractivity contribution in [3.63, 3.8) is 0 Å². The zero-order valence-corrected chi connectivity index (χ0v) is 12.5. The lowest BCUT2D eigenvalue weighted by Crippen LogP contribution is -2.38. The molecule has 1 aliphatic heterocycles. The van der Waals surface area contributed by atoms with Crippen LogP contribution in [-0.4, -0.2) is 46.0 Å². The van der Waals surface area contributed by atoms with Crippen LogP contribution in [0.3, 0.4) is 0 Å². The van der Waals surface area contributed by atoms with Gasteiger partial charge in [0.1, 0.15) is 5.82 Å². The van der Waals surface area contributed by atoms with E-state index in [4.69, 9.17) is 0 Å². The highest BCUT2D eigenvalue weighted by Gasteiger charge is 2.45. The summed E-state index contributed by atoms with van der Waals surface area (Å²) in [6, 6.07) is 5.03. The number of benzene rings is 1. The van der Waals surface area contributed by atoms with Gasteiger partial charge in [-0.1, -0.05) is 0 Å². The molecule has 0 unspecified atom stereocenters. The molecule has 0 spiro atoms. The first-order valence-corrected chi connectivity index (χ1v) is 7.47. The Morgan fingerprint density at radius 2 is 1.71 bits per heavy atom. The molecule has 1 aromatic rings. The maximum atomic E-state index is 12.8. The Kier molecular flexibility index (Phi) is 4.62. The predicted molar refractivity (Wildman–Crippen MR) is 76.2 cm³/mol. The van der Waals surface area contributed by atoms with Gasteiger partial charge in [-0.15, -0.1) is 11.8 Å². The van der Waals surface area contributed by atoms with Gasteiger partial charge < -0.3 is 0 Å². The molecule has 112 valence electrons. The molecule has 21 heavy (non-hydrogen) atoms. The van der Waals surface area contributed by atoms with Crippen LogP contribution in [0.25, 0.3) is 0 Å². The number of imide groups is 2. The van der Waals surface area contributed by atoms with Gasteiger partial charge in [0.15, 0.2) is 0 Å². The zero-order valence-electron chi connectivity index (χ0n) is 11.7. The van der Waals surface area contributed by atoms with Gasteiger partial charge in [0, 0.05) is 23.2 Å². The lowest BCUT2D eigenvalue weighted by atomic mass is 10.3. The maximum absolute atomic E-state index is 12.8. The molecule has 0 atom stereocenters. The molecular formula is C14H15FN2O3S. The van der Waals surface area contributed by atoms with E-state index < -0.39 is 17.8 Å². The zero-order chi connectivity index (χ0) is 15.6. The maximum Gasteiger partial charge on any atom is 0.334 e. The number of hydrogen-bond donors (Lipinski definition) is 0. The fourth-order valence-electron chi connectivity index (χ4n) is 1.96. The molecule has 1 saturated heterocycles. The third kappa shape index (κ3) is 3.24. The van der Waals surface area contributed by atoms with Crippen molar-refractivity contribution in [3.8, 4) is 0 Å². The lowest BCUT2D eigenvalue weighted by Gasteiger charge is -2.18. The Balaban J connectivity index is 1.94. The average molecular weight is 310 g/mol. The summed E-state index contributed by atoms with van der Waals surface area (Å²) in [5, 5.41) is 0. The van der Waals surface area contributed by atoms with Crippen LogP contribution in [0, 0.1) is 5.82 Å². The van der Waals surface area contributed by atoms with Gasteiger partial charge in [-0.25, -0.2) is 9.18 Å². The first-order valence-electron chi connectivity index (χ1n) is 6.49. The second kappa shape index (κ2) is 6.26. The van der Waals surface area contributed by atoms with Crippen molar-refractivity contribution in [2.75, 3.05) is 12.3 Å². The lowest BCUT2D eigenvalue weighted by molar-refractivity contribution is -0.143. The van der Waals surface area contributed by atoms with Gasteiger partial charge in [-0.3, -0.25) is 19.4 Å². The van der Waals surface area contributed by atoms with Crippen molar-refractivity contribution >= 4 is 29.6 Å². The van der Waals surface area contributed by atoms with Crippen molar-refractivity contribution in [1.82, 2.24) is 9.80 Å². The van der Waals surface area contributed by atoms with Gasteiger partial charge in [0.05, 0.1) is 0 Å². The smallest absolute Gasteiger partial charge is 0.263 e. The number of urea groups is 1. The van der Waals surface area contributed by atoms with Gasteiger partial charge in [-0.05, 0) is 38.1 Å². The second-order valence-electron chi connectivity index (χ2n) is 4.81. The Bertz CT molecular complexity index is 574. The summed E-state index contributed by atoms with van der Waals surface area (Å²) in [6.07, 6.45) is 0. The monoisotopic (exact) mass is 310 g/mol. The number of thioether (sulfide) groups is 1. The highest BCUT2D eigenvalue weighted by atomic mass is 32.2. The fraction of sp³-hybridized carbons (Fsp3) is 0.357. The number of amides is 4. The van der Waals surface area contributed by atoms with E-state index in [-0.39, 0.29) is 18.4 Å². The summed E-state index contributed by atoms with van der Waals surface area (Å²) in [5.41, 5.74) is 0. The number of rotatable bonds is 5. The van der Waals surface area contributed by atoms with E-state index in [2.05, 4.69) is 0 Å². The van der Waals surface area contributed by atoms with E-state index >= 15 is 0 Å². The van der Waals surface area contributed by atoms with Crippen molar-refractivity contribution in [2.24, 2.45) is 0 Å². The summed E-state index contributed by atoms with van der Waals surface area (Å²) in [6.45, 7) is 3.51. The molecule has 1 fully saturated rings. The van der Waals surface area contributed by atoms with Crippen LogP contribution in [0.4, 0.5) is 9.18 Å². The first kappa shape index (κ1) is 15.5. The van der Waals surface area contributed by atoms with E-state index in [9.17, 15) is 18.8 Å². The highest BCUT2D eigenvalue weighted by molar-refractivity contribution is 7.99. The van der Waals surface area contributed by atoms with E-state index in [1.165, 1.54) is 23.9 Å². The number of halogens is 1. The van der Waals surface area contributed by atoms with Crippen LogP contribution >= 0.6 is 11.8 Å². The molecule has 0 aromatic heterocycles. The molecule has 1 heterocycles. The van der Waals surface area contributed by atoms with Crippen molar-refractivity contribution in [2.45, 2.75) is 24.8 Å². The minimum absolute atomic E-state index is 0.147. The quantitative estimate of drug-likeness (QED) is 0.475. The van der Waals surface area contributed by atoms with Gasteiger partial charge in [0.2, 0.25) is 0 Å². The summed E-state index contributed by atoms with van der Waals surface area (Å²) in [7, 11) is 0. The van der Waals surface area contributed by atoms with Gasteiger partial charge in [-0.2, -0.15) is 0 Å². The number of carbonyl (C=O) groups excluding carboxylic acids is 3. The van der Waals surface area contributed by atoms with Crippen molar-refractivity contribution in [1.29, 1.82) is 0 Å². The van der Waals surface area contributed by atoms with Crippen LogP contribution in [0.2, 0.25) is 0 Å². The SMILES string of the molecule is CC(C)N1C(=O)C(=O)N(CCSc2ccc(F)cc2)C1=O. The molecule has 0 N–H and O–H groups in total. The largest absolute Gasteiger partial charge is 0.334 e. The molecule has 2 rings (SSSR count). The minimum Gasteiger partial charge on any atom is -0.263 e. The molecule has 0 saturated carbocycles. The molecular weight excluding hydrogens is 295 g/mol. The Labute approximate surface area is 126 Å². The Hall–Kier alpha value is -1.89. The van der Waals surface area contributed by atoms with E-state index in [0.717, 1.165) is 14.7 Å². The standard InChI is InChI=1S/C14H15FN2O3S/c1-9(2)17-13(19)12(18)16(14(17)20)7-8-21-11-5-3-10(15)4-6-11/h3-6,9H,7-8H2,1-2H3. The summed E-state index contributed by atoms with van der Waals surface area (Å²) >= 11 is 1.39. The van der Waals surface area contributed by atoms with Crippen molar-refractivity contribution in [3.05, 3.63) is 30.1 Å². The van der Waals surface area contributed by atoms with E-state index in [0.29, 0.717) is 5.75 Å². The average Bonchev–Trinajstić information content (AvgIpc) is 2.64. The molecule has 0 bridgehead atoms. The minimum atomic E-state index is -0.784.